The van der Waals surface area contributed by atoms with E-state index in [1.807, 2.05) is 26.0 Å². The van der Waals surface area contributed by atoms with Crippen molar-refractivity contribution in [3.8, 4) is 5.75 Å². The molecule has 1 aliphatic heterocycles. The molecule has 2 heterocycles. The Bertz CT molecular complexity index is 1160. The quantitative estimate of drug-likeness (QED) is 0.377. The minimum Gasteiger partial charge on any atom is -0.507 e. The van der Waals surface area contributed by atoms with Gasteiger partial charge in [-0.25, -0.2) is 0 Å². The molecule has 1 aliphatic rings. The van der Waals surface area contributed by atoms with Gasteiger partial charge in [-0.15, -0.1) is 0 Å². The van der Waals surface area contributed by atoms with E-state index in [9.17, 15) is 14.7 Å². The molecular weight excluding hydrogens is 396 g/mol. The molecule has 4 rings (SSSR count). The summed E-state index contributed by atoms with van der Waals surface area (Å²) in [6.45, 7) is 6.03. The largest absolute Gasteiger partial charge is 0.507 e. The summed E-state index contributed by atoms with van der Waals surface area (Å²) < 4.78 is 10.6. The van der Waals surface area contributed by atoms with Gasteiger partial charge in [-0.05, 0) is 38.5 Å². The number of benzene rings is 2. The van der Waals surface area contributed by atoms with Gasteiger partial charge in [0.2, 0.25) is 0 Å². The number of ether oxygens (including phenoxy) is 1. The first-order valence-corrected chi connectivity index (χ1v) is 9.94. The first-order chi connectivity index (χ1) is 14.9. The Morgan fingerprint density at radius 1 is 1.10 bits per heavy atom. The molecule has 1 aromatic heterocycles. The first kappa shape index (κ1) is 20.4. The number of amides is 1. The van der Waals surface area contributed by atoms with E-state index >= 15 is 0 Å². The fourth-order valence-corrected chi connectivity index (χ4v) is 3.63. The van der Waals surface area contributed by atoms with Crippen LogP contribution in [0.3, 0.4) is 0 Å². The fourth-order valence-electron chi connectivity index (χ4n) is 3.63. The number of aliphatic hydroxyl groups is 1. The lowest BCUT2D eigenvalue weighted by molar-refractivity contribution is -0.132. The lowest BCUT2D eigenvalue weighted by Gasteiger charge is -2.23. The molecule has 1 fully saturated rings. The number of anilines is 1. The van der Waals surface area contributed by atoms with Crippen molar-refractivity contribution in [2.24, 2.45) is 0 Å². The van der Waals surface area contributed by atoms with E-state index in [0.29, 0.717) is 29.2 Å². The smallest absolute Gasteiger partial charge is 0.301 e. The van der Waals surface area contributed by atoms with Crippen molar-refractivity contribution < 1.29 is 24.0 Å². The summed E-state index contributed by atoms with van der Waals surface area (Å²) in [6, 6.07) is 14.9. The van der Waals surface area contributed by atoms with Crippen LogP contribution in [0.4, 0.5) is 5.82 Å². The van der Waals surface area contributed by atoms with Gasteiger partial charge < -0.3 is 14.4 Å². The molecule has 158 valence electrons. The second-order valence-corrected chi connectivity index (χ2v) is 7.33. The molecule has 1 saturated heterocycles. The number of nitrogens with zero attached hydrogens (tertiary/aromatic N) is 2. The molecule has 0 bridgehead atoms. The number of Topliss-reactive ketones (excluding diaryl/α,β-unsaturated/α-hetero) is 1. The number of rotatable bonds is 5. The number of carbonyl (C=O) groups excluding carboxylic acids is 2. The highest BCUT2D eigenvalue weighted by Gasteiger charge is 2.48. The van der Waals surface area contributed by atoms with E-state index in [4.69, 9.17) is 9.26 Å². The molecule has 0 saturated carbocycles. The van der Waals surface area contributed by atoms with Crippen molar-refractivity contribution in [3.63, 3.8) is 0 Å². The van der Waals surface area contributed by atoms with Crippen LogP contribution in [0.5, 0.6) is 5.75 Å². The van der Waals surface area contributed by atoms with E-state index in [0.717, 1.165) is 5.56 Å². The number of hydrogen-bond acceptors (Lipinski definition) is 6. The molecule has 0 aliphatic carbocycles. The Morgan fingerprint density at radius 3 is 2.35 bits per heavy atom. The summed E-state index contributed by atoms with van der Waals surface area (Å²) in [5, 5.41) is 15.0. The molecule has 1 amide bonds. The van der Waals surface area contributed by atoms with Crippen molar-refractivity contribution >= 4 is 23.3 Å². The number of carbonyl (C=O) groups is 2. The predicted octanol–water partition coefficient (Wildman–Crippen LogP) is 4.32. The third-order valence-electron chi connectivity index (χ3n) is 5.14. The van der Waals surface area contributed by atoms with E-state index in [2.05, 4.69) is 5.16 Å². The van der Waals surface area contributed by atoms with E-state index in [1.165, 1.54) is 4.90 Å². The lowest BCUT2D eigenvalue weighted by Crippen LogP contribution is -2.29. The normalized spacial score (nSPS) is 17.9. The van der Waals surface area contributed by atoms with Crippen molar-refractivity contribution in [3.05, 3.63) is 82.6 Å². The average molecular weight is 418 g/mol. The van der Waals surface area contributed by atoms with Crippen LogP contribution in [0.2, 0.25) is 0 Å². The predicted molar refractivity (Wildman–Crippen MR) is 115 cm³/mol. The van der Waals surface area contributed by atoms with Crippen LogP contribution in [-0.2, 0) is 9.59 Å². The highest BCUT2D eigenvalue weighted by molar-refractivity contribution is 6.51. The monoisotopic (exact) mass is 418 g/mol. The van der Waals surface area contributed by atoms with Gasteiger partial charge in [-0.1, -0.05) is 47.1 Å². The maximum absolute atomic E-state index is 13.0. The molecule has 31 heavy (non-hydrogen) atoms. The average Bonchev–Trinajstić information content (AvgIpc) is 3.30. The van der Waals surface area contributed by atoms with Crippen molar-refractivity contribution in [2.45, 2.75) is 26.8 Å². The molecule has 1 N–H and O–H groups in total. The molecule has 3 aromatic rings. The minimum atomic E-state index is -0.860. The van der Waals surface area contributed by atoms with Gasteiger partial charge in [0.15, 0.2) is 5.82 Å². The summed E-state index contributed by atoms with van der Waals surface area (Å²) in [6.07, 6.45) is 0. The molecule has 1 unspecified atom stereocenters. The van der Waals surface area contributed by atoms with Gasteiger partial charge in [-0.2, -0.15) is 0 Å². The zero-order valence-electron chi connectivity index (χ0n) is 17.5. The van der Waals surface area contributed by atoms with Gasteiger partial charge >= 0.3 is 5.91 Å². The fraction of sp³-hybridized carbons (Fsp3) is 0.208. The molecule has 7 heteroatoms. The summed E-state index contributed by atoms with van der Waals surface area (Å²) >= 11 is 0. The van der Waals surface area contributed by atoms with Crippen molar-refractivity contribution in [2.75, 3.05) is 11.5 Å². The Hall–Kier alpha value is -3.87. The number of aliphatic hydroxyl groups excluding tert-OH is 1. The summed E-state index contributed by atoms with van der Waals surface area (Å²) in [5.41, 5.74) is 2.10. The summed E-state index contributed by atoms with van der Waals surface area (Å²) in [7, 11) is 0. The van der Waals surface area contributed by atoms with Gasteiger partial charge in [0.1, 0.15) is 17.3 Å². The molecule has 7 nitrogen and oxygen atoms in total. The second kappa shape index (κ2) is 8.10. The van der Waals surface area contributed by atoms with Crippen LogP contribution < -0.4 is 9.64 Å². The van der Waals surface area contributed by atoms with Gasteiger partial charge in [0.25, 0.3) is 5.78 Å². The van der Waals surface area contributed by atoms with E-state index in [1.54, 1.807) is 49.4 Å². The van der Waals surface area contributed by atoms with Gasteiger partial charge in [0.05, 0.1) is 18.2 Å². The van der Waals surface area contributed by atoms with E-state index in [-0.39, 0.29) is 17.2 Å². The van der Waals surface area contributed by atoms with Gasteiger partial charge in [-0.3, -0.25) is 14.5 Å². The Morgan fingerprint density at radius 2 is 1.77 bits per heavy atom. The van der Waals surface area contributed by atoms with Crippen LogP contribution in [0, 0.1) is 13.8 Å². The SMILES string of the molecule is CCOc1ccc(C2/C(=C(\O)c3ccc(C)cc3)C(=O)C(=O)N2c2cc(C)on2)cc1. The number of aryl methyl sites for hydroxylation is 2. The first-order valence-electron chi connectivity index (χ1n) is 9.94. The standard InChI is InChI=1S/C24H22N2O5/c1-4-30-18-11-9-16(10-12-18)21-20(22(27)17-7-5-14(2)6-8-17)23(28)24(29)26(21)19-13-15(3)31-25-19/h5-13,21,27H,4H2,1-3H3/b22-20+. The van der Waals surface area contributed by atoms with Crippen molar-refractivity contribution in [1.29, 1.82) is 0 Å². The number of aromatic nitrogens is 1. The molecule has 0 radical (unpaired) electrons. The van der Waals surface area contributed by atoms with Crippen LogP contribution >= 0.6 is 0 Å². The van der Waals surface area contributed by atoms with Crippen LogP contribution in [0.1, 0.15) is 35.4 Å². The summed E-state index contributed by atoms with van der Waals surface area (Å²) in [5.74, 6) is -0.417. The maximum atomic E-state index is 13.0. The Kier molecular flexibility index (Phi) is 5.33. The number of hydrogen-bond donors (Lipinski definition) is 1. The van der Waals surface area contributed by atoms with E-state index < -0.39 is 17.7 Å². The van der Waals surface area contributed by atoms with Gasteiger partial charge in [0, 0.05) is 11.6 Å². The topological polar surface area (TPSA) is 92.9 Å². The van der Waals surface area contributed by atoms with Crippen molar-refractivity contribution in [1.82, 2.24) is 5.16 Å². The summed E-state index contributed by atoms with van der Waals surface area (Å²) in [4.78, 5) is 27.3. The highest BCUT2D eigenvalue weighted by Crippen LogP contribution is 2.42. The second-order valence-electron chi connectivity index (χ2n) is 7.33. The molecular formula is C24H22N2O5. The third kappa shape index (κ3) is 3.70. The zero-order valence-corrected chi connectivity index (χ0v) is 17.5. The highest BCUT2D eigenvalue weighted by atomic mass is 16.5. The van der Waals surface area contributed by atoms with Crippen LogP contribution in [0.15, 0.2) is 64.7 Å². The van der Waals surface area contributed by atoms with Crippen LogP contribution in [0.25, 0.3) is 5.76 Å². The molecule has 1 atom stereocenters. The minimum absolute atomic E-state index is 0.00124. The van der Waals surface area contributed by atoms with Crippen LogP contribution in [-0.4, -0.2) is 28.6 Å². The third-order valence-corrected chi connectivity index (χ3v) is 5.14. The maximum Gasteiger partial charge on any atom is 0.301 e. The Balaban J connectivity index is 1.89. The Labute approximate surface area is 179 Å². The number of ketones is 1. The lowest BCUT2D eigenvalue weighted by atomic mass is 9.95. The molecule has 2 aromatic carbocycles. The zero-order chi connectivity index (χ0) is 22.1. The molecule has 0 spiro atoms.